The summed E-state index contributed by atoms with van der Waals surface area (Å²) in [5, 5.41) is 6.10. The van der Waals surface area contributed by atoms with Crippen molar-refractivity contribution in [3.05, 3.63) is 0 Å². The highest BCUT2D eigenvalue weighted by Gasteiger charge is 2.36. The predicted octanol–water partition coefficient (Wildman–Crippen LogP) is 3.91. The van der Waals surface area contributed by atoms with E-state index in [4.69, 9.17) is 4.74 Å². The van der Waals surface area contributed by atoms with Crippen LogP contribution in [0.15, 0.2) is 0 Å². The molecule has 5 heteroatoms. The number of nitrogens with one attached hydrogen (secondary N) is 2. The maximum Gasteiger partial charge on any atom is 0.407 e. The number of ether oxygens (including phenoxy) is 1. The van der Waals surface area contributed by atoms with Crippen LogP contribution in [0.1, 0.15) is 85.0 Å². The Morgan fingerprint density at radius 1 is 1.04 bits per heavy atom. The van der Waals surface area contributed by atoms with Gasteiger partial charge >= 0.3 is 6.09 Å². The molecule has 24 heavy (non-hydrogen) atoms. The van der Waals surface area contributed by atoms with Crippen LogP contribution in [-0.4, -0.2) is 29.7 Å². The maximum absolute atomic E-state index is 12.5. The average Bonchev–Trinajstić information content (AvgIpc) is 2.93. The lowest BCUT2D eigenvalue weighted by Gasteiger charge is -2.32. The van der Waals surface area contributed by atoms with Gasteiger partial charge in [0.15, 0.2) is 0 Å². The molecule has 2 rings (SSSR count). The smallest absolute Gasteiger partial charge is 0.407 e. The van der Waals surface area contributed by atoms with E-state index in [0.29, 0.717) is 18.9 Å². The third-order valence-corrected chi connectivity index (χ3v) is 5.13. The fourth-order valence-corrected chi connectivity index (χ4v) is 3.95. The summed E-state index contributed by atoms with van der Waals surface area (Å²) in [5.41, 5.74) is -0.792. The number of carbonyl (C=O) groups is 2. The molecule has 0 atom stereocenters. The van der Waals surface area contributed by atoms with Gasteiger partial charge in [-0.25, -0.2) is 4.79 Å². The Bertz CT molecular complexity index is 430. The zero-order valence-corrected chi connectivity index (χ0v) is 15.6. The normalized spacial score (nSPS) is 21.3. The van der Waals surface area contributed by atoms with Crippen LogP contribution in [0.25, 0.3) is 0 Å². The average molecular weight is 338 g/mol. The number of hydrogen-bond donors (Lipinski definition) is 2. The van der Waals surface area contributed by atoms with E-state index in [1.54, 1.807) is 0 Å². The largest absolute Gasteiger partial charge is 0.444 e. The first-order chi connectivity index (χ1) is 11.3. The lowest BCUT2D eigenvalue weighted by Crippen LogP contribution is -2.54. The predicted molar refractivity (Wildman–Crippen MR) is 94.8 cm³/mol. The Morgan fingerprint density at radius 2 is 1.67 bits per heavy atom. The number of alkyl carbamates (subject to hydrolysis) is 1. The maximum atomic E-state index is 12.5. The SMILES string of the molecule is CC(C)(C)OC(=O)NCC1(NC(=O)CC2CCCCC2)CCCC1. The van der Waals surface area contributed by atoms with Gasteiger partial charge in [0.2, 0.25) is 5.91 Å². The van der Waals surface area contributed by atoms with Gasteiger partial charge in [-0.3, -0.25) is 4.79 Å². The Hall–Kier alpha value is -1.26. The summed E-state index contributed by atoms with van der Waals surface area (Å²) >= 11 is 0. The van der Waals surface area contributed by atoms with Crippen molar-refractivity contribution < 1.29 is 14.3 Å². The van der Waals surface area contributed by atoms with E-state index in [1.165, 1.54) is 32.1 Å². The van der Waals surface area contributed by atoms with Gasteiger partial charge in [-0.1, -0.05) is 32.1 Å². The third-order valence-electron chi connectivity index (χ3n) is 5.13. The molecule has 0 aromatic carbocycles. The molecule has 2 N–H and O–H groups in total. The molecule has 0 aliphatic heterocycles. The van der Waals surface area contributed by atoms with Crippen molar-refractivity contribution in [3.8, 4) is 0 Å². The van der Waals surface area contributed by atoms with Crippen LogP contribution in [0.4, 0.5) is 4.79 Å². The first-order valence-corrected chi connectivity index (χ1v) is 9.56. The molecule has 0 aromatic heterocycles. The molecule has 0 unspecified atom stereocenters. The van der Waals surface area contributed by atoms with Gasteiger partial charge in [0.25, 0.3) is 0 Å². The van der Waals surface area contributed by atoms with E-state index >= 15 is 0 Å². The second-order valence-electron chi connectivity index (χ2n) is 8.60. The Balaban J connectivity index is 1.83. The van der Waals surface area contributed by atoms with Gasteiger partial charge in [0, 0.05) is 13.0 Å². The summed E-state index contributed by atoms with van der Waals surface area (Å²) in [6.07, 6.45) is 10.4. The lowest BCUT2D eigenvalue weighted by atomic mass is 9.86. The van der Waals surface area contributed by atoms with Gasteiger partial charge in [-0.15, -0.1) is 0 Å². The highest BCUT2D eigenvalue weighted by molar-refractivity contribution is 5.77. The van der Waals surface area contributed by atoms with Crippen LogP contribution in [0.5, 0.6) is 0 Å². The second-order valence-corrected chi connectivity index (χ2v) is 8.60. The summed E-state index contributed by atoms with van der Waals surface area (Å²) in [7, 11) is 0. The fourth-order valence-electron chi connectivity index (χ4n) is 3.95. The molecule has 5 nitrogen and oxygen atoms in total. The monoisotopic (exact) mass is 338 g/mol. The Labute approximate surface area is 146 Å². The fraction of sp³-hybridized carbons (Fsp3) is 0.895. The third kappa shape index (κ3) is 6.33. The molecule has 0 aromatic rings. The van der Waals surface area contributed by atoms with Gasteiger partial charge in [-0.05, 0) is 52.4 Å². The summed E-state index contributed by atoms with van der Waals surface area (Å²) in [5.74, 6) is 0.686. The second kappa shape index (κ2) is 8.21. The van der Waals surface area contributed by atoms with Gasteiger partial charge < -0.3 is 15.4 Å². The van der Waals surface area contributed by atoms with E-state index in [0.717, 1.165) is 25.7 Å². The van der Waals surface area contributed by atoms with E-state index in [2.05, 4.69) is 10.6 Å². The molecular formula is C19H34N2O3. The Morgan fingerprint density at radius 3 is 2.25 bits per heavy atom. The van der Waals surface area contributed by atoms with Crippen LogP contribution < -0.4 is 10.6 Å². The molecule has 138 valence electrons. The van der Waals surface area contributed by atoms with E-state index < -0.39 is 11.7 Å². The standard InChI is InChI=1S/C19H34N2O3/c1-18(2,3)24-17(23)20-14-19(11-7-8-12-19)21-16(22)13-15-9-5-4-6-10-15/h15H,4-14H2,1-3H3,(H,20,23)(H,21,22). The number of rotatable bonds is 5. The summed E-state index contributed by atoms with van der Waals surface area (Å²) in [6, 6.07) is 0. The Kier molecular flexibility index (Phi) is 6.53. The molecule has 0 radical (unpaired) electrons. The van der Waals surface area contributed by atoms with Crippen molar-refractivity contribution >= 4 is 12.0 Å². The minimum atomic E-state index is -0.503. The van der Waals surface area contributed by atoms with Gasteiger partial charge in [0.05, 0.1) is 5.54 Å². The minimum absolute atomic E-state index is 0.148. The van der Waals surface area contributed by atoms with E-state index in [9.17, 15) is 9.59 Å². The zero-order chi connectivity index (χ0) is 17.6. The number of carbonyl (C=O) groups excluding carboxylic acids is 2. The molecule has 2 aliphatic rings. The van der Waals surface area contributed by atoms with Crippen molar-refractivity contribution in [2.45, 2.75) is 96.1 Å². The van der Waals surface area contributed by atoms with Crippen molar-refractivity contribution in [1.29, 1.82) is 0 Å². The molecular weight excluding hydrogens is 304 g/mol. The first kappa shape index (κ1) is 19.1. The van der Waals surface area contributed by atoms with Gasteiger partial charge in [0.1, 0.15) is 5.60 Å². The molecule has 2 amide bonds. The summed E-state index contributed by atoms with van der Waals surface area (Å²) < 4.78 is 5.31. The van der Waals surface area contributed by atoms with Crippen molar-refractivity contribution in [1.82, 2.24) is 10.6 Å². The first-order valence-electron chi connectivity index (χ1n) is 9.56. The lowest BCUT2D eigenvalue weighted by molar-refractivity contribution is -0.124. The van der Waals surface area contributed by atoms with Crippen LogP contribution >= 0.6 is 0 Å². The summed E-state index contributed by atoms with van der Waals surface area (Å²) in [4.78, 5) is 24.4. The molecule has 0 bridgehead atoms. The minimum Gasteiger partial charge on any atom is -0.444 e. The van der Waals surface area contributed by atoms with Crippen LogP contribution in [0.2, 0.25) is 0 Å². The zero-order valence-electron chi connectivity index (χ0n) is 15.6. The topological polar surface area (TPSA) is 67.4 Å². The quantitative estimate of drug-likeness (QED) is 0.798. The number of amides is 2. The van der Waals surface area contributed by atoms with E-state index in [-0.39, 0.29) is 11.4 Å². The van der Waals surface area contributed by atoms with Crippen LogP contribution in [0.3, 0.4) is 0 Å². The molecule has 0 saturated heterocycles. The molecule has 0 heterocycles. The number of hydrogen-bond acceptors (Lipinski definition) is 3. The van der Waals surface area contributed by atoms with Crippen molar-refractivity contribution in [2.24, 2.45) is 5.92 Å². The molecule has 2 fully saturated rings. The molecule has 0 spiro atoms. The van der Waals surface area contributed by atoms with Crippen molar-refractivity contribution in [3.63, 3.8) is 0 Å². The van der Waals surface area contributed by atoms with E-state index in [1.807, 2.05) is 20.8 Å². The molecule has 2 aliphatic carbocycles. The van der Waals surface area contributed by atoms with Gasteiger partial charge in [-0.2, -0.15) is 0 Å². The van der Waals surface area contributed by atoms with Crippen LogP contribution in [0, 0.1) is 5.92 Å². The van der Waals surface area contributed by atoms with Crippen LogP contribution in [-0.2, 0) is 9.53 Å². The van der Waals surface area contributed by atoms with Crippen molar-refractivity contribution in [2.75, 3.05) is 6.54 Å². The molecule has 2 saturated carbocycles. The highest BCUT2D eigenvalue weighted by Crippen LogP contribution is 2.31. The highest BCUT2D eigenvalue weighted by atomic mass is 16.6. The summed E-state index contributed by atoms with van der Waals surface area (Å²) in [6.45, 7) is 6.01.